The maximum absolute atomic E-state index is 15.0. The smallest absolute Gasteiger partial charge is 0.253 e. The Balaban J connectivity index is 1.44. The lowest BCUT2D eigenvalue weighted by atomic mass is 9.62. The van der Waals surface area contributed by atoms with E-state index in [1.165, 1.54) is 4.90 Å². The van der Waals surface area contributed by atoms with E-state index in [9.17, 15) is 14.7 Å². The number of nitrogens with zero attached hydrogens (tertiary/aromatic N) is 3. The maximum Gasteiger partial charge on any atom is 0.253 e. The van der Waals surface area contributed by atoms with Gasteiger partial charge in [-0.15, -0.1) is 13.2 Å². The van der Waals surface area contributed by atoms with E-state index in [2.05, 4.69) is 13.2 Å². The van der Waals surface area contributed by atoms with Crippen LogP contribution in [0.3, 0.4) is 0 Å². The summed E-state index contributed by atoms with van der Waals surface area (Å²) in [6.07, 6.45) is 3.73. The molecule has 3 unspecified atom stereocenters. The van der Waals surface area contributed by atoms with Crippen LogP contribution >= 0.6 is 0 Å². The summed E-state index contributed by atoms with van der Waals surface area (Å²) in [5.74, 6) is -2.21. The summed E-state index contributed by atoms with van der Waals surface area (Å²) >= 11 is 0. The Bertz CT molecular complexity index is 1740. The Hall–Kier alpha value is -4.47. The van der Waals surface area contributed by atoms with Crippen LogP contribution in [0, 0.1) is 17.8 Å². The number of fused-ring (bicyclic) bond motifs is 2. The van der Waals surface area contributed by atoms with Gasteiger partial charge in [0.15, 0.2) is 0 Å². The highest BCUT2D eigenvalue weighted by molar-refractivity contribution is 6.07. The third-order valence-corrected chi connectivity index (χ3v) is 10.7. The lowest BCUT2D eigenvalue weighted by molar-refractivity contribution is -0.148. The first-order valence-electron chi connectivity index (χ1n) is 16.8. The molecule has 3 heterocycles. The standard InChI is InChI=1S/C39H45N3O6/c1-7-20-40(29-16-18-31(19-17-29)47-9-3)35(44)32-33-36(45)42(26(5)24-43)34(39(33)23-25(4)38(32,6)48-39)37(46)41(21-8-2)30-15-14-27-12-10-11-13-28(27)22-30/h7-8,10-19,22,25-26,32-34,43H,1-2,9,20-21,23-24H2,3-6H3/t25?,26-,32+,33+,34?,38-,39?/m1/s1. The van der Waals surface area contributed by atoms with Gasteiger partial charge in [0.05, 0.1) is 36.7 Å². The molecule has 9 nitrogen and oxygen atoms in total. The monoisotopic (exact) mass is 651 g/mol. The second-order valence-electron chi connectivity index (χ2n) is 13.4. The predicted molar refractivity (Wildman–Crippen MR) is 187 cm³/mol. The largest absolute Gasteiger partial charge is 0.494 e. The molecular formula is C39H45N3O6. The van der Waals surface area contributed by atoms with Gasteiger partial charge in [-0.05, 0) is 80.3 Å². The molecule has 252 valence electrons. The molecule has 1 spiro atoms. The number of rotatable bonds is 12. The predicted octanol–water partition coefficient (Wildman–Crippen LogP) is 5.37. The summed E-state index contributed by atoms with van der Waals surface area (Å²) in [7, 11) is 0. The summed E-state index contributed by atoms with van der Waals surface area (Å²) in [6, 6.07) is 19.2. The molecule has 9 heteroatoms. The molecule has 3 saturated heterocycles. The van der Waals surface area contributed by atoms with Gasteiger partial charge in [-0.1, -0.05) is 49.4 Å². The highest BCUT2D eigenvalue weighted by atomic mass is 16.5. The number of carbonyl (C=O) groups excluding carboxylic acids is 3. The van der Waals surface area contributed by atoms with Crippen LogP contribution in [0.2, 0.25) is 0 Å². The molecule has 0 radical (unpaired) electrons. The van der Waals surface area contributed by atoms with Crippen molar-refractivity contribution in [1.82, 2.24) is 4.90 Å². The van der Waals surface area contributed by atoms with Gasteiger partial charge in [-0.2, -0.15) is 0 Å². The second-order valence-corrected chi connectivity index (χ2v) is 13.4. The van der Waals surface area contributed by atoms with E-state index in [1.807, 2.05) is 87.5 Å². The van der Waals surface area contributed by atoms with Crippen molar-refractivity contribution in [3.8, 4) is 5.75 Å². The van der Waals surface area contributed by atoms with Crippen LogP contribution in [0.4, 0.5) is 11.4 Å². The van der Waals surface area contributed by atoms with Gasteiger partial charge in [0, 0.05) is 24.5 Å². The van der Waals surface area contributed by atoms with E-state index in [1.54, 1.807) is 28.9 Å². The van der Waals surface area contributed by atoms with E-state index in [-0.39, 0.29) is 43.3 Å². The van der Waals surface area contributed by atoms with Crippen molar-refractivity contribution in [2.75, 3.05) is 36.1 Å². The highest BCUT2D eigenvalue weighted by Gasteiger charge is 2.80. The molecule has 2 bridgehead atoms. The Labute approximate surface area is 282 Å². The molecule has 7 atom stereocenters. The molecule has 48 heavy (non-hydrogen) atoms. The van der Waals surface area contributed by atoms with Gasteiger partial charge in [0.1, 0.15) is 17.4 Å². The Morgan fingerprint density at radius 1 is 1.02 bits per heavy atom. The maximum atomic E-state index is 15.0. The zero-order chi connectivity index (χ0) is 34.4. The van der Waals surface area contributed by atoms with Crippen molar-refractivity contribution in [2.45, 2.75) is 57.4 Å². The summed E-state index contributed by atoms with van der Waals surface area (Å²) in [5.41, 5.74) is -0.985. The number of hydrogen-bond donors (Lipinski definition) is 1. The molecule has 3 fully saturated rings. The fourth-order valence-electron chi connectivity index (χ4n) is 8.35. The number of benzene rings is 3. The molecule has 0 aromatic heterocycles. The van der Waals surface area contributed by atoms with Gasteiger partial charge >= 0.3 is 0 Å². The summed E-state index contributed by atoms with van der Waals surface area (Å²) in [6.45, 7) is 16.0. The molecule has 3 aromatic carbocycles. The highest BCUT2D eigenvalue weighted by Crippen LogP contribution is 2.66. The first-order valence-corrected chi connectivity index (χ1v) is 16.8. The first-order chi connectivity index (χ1) is 23.1. The molecule has 3 aromatic rings. The van der Waals surface area contributed by atoms with E-state index < -0.39 is 35.1 Å². The van der Waals surface area contributed by atoms with Crippen LogP contribution in [0.5, 0.6) is 5.75 Å². The normalized spacial score (nSPS) is 27.9. The number of aliphatic hydroxyl groups is 1. The first kappa shape index (κ1) is 33.4. The van der Waals surface area contributed by atoms with Crippen LogP contribution in [-0.4, -0.2) is 77.3 Å². The van der Waals surface area contributed by atoms with Crippen molar-refractivity contribution in [3.63, 3.8) is 0 Å². The number of ether oxygens (including phenoxy) is 2. The van der Waals surface area contributed by atoms with Crippen molar-refractivity contribution in [2.24, 2.45) is 17.8 Å². The lowest BCUT2D eigenvalue weighted by Crippen LogP contribution is -2.58. The number of anilines is 2. The fourth-order valence-corrected chi connectivity index (χ4v) is 8.35. The fraction of sp³-hybridized carbons (Fsp3) is 0.410. The topological polar surface area (TPSA) is 99.6 Å². The van der Waals surface area contributed by atoms with Gasteiger partial charge in [-0.25, -0.2) is 0 Å². The number of carbonyl (C=O) groups is 3. The average Bonchev–Trinajstić information content (AvgIpc) is 3.61. The SMILES string of the molecule is C=CCN(C(=O)C1N([C@H](C)CO)C(=O)[C@@H]2[C@@H](C(=O)N(CC=C)c3ccc(OCC)cc3)[C@]3(C)OC12CC3C)c1ccc2ccccc2c1. The van der Waals surface area contributed by atoms with Gasteiger partial charge in [0.2, 0.25) is 11.8 Å². The van der Waals surface area contributed by atoms with Crippen LogP contribution in [-0.2, 0) is 19.1 Å². The second kappa shape index (κ2) is 12.9. The van der Waals surface area contributed by atoms with Crippen molar-refractivity contribution in [1.29, 1.82) is 0 Å². The minimum absolute atomic E-state index is 0.144. The van der Waals surface area contributed by atoms with E-state index in [0.717, 1.165) is 10.8 Å². The van der Waals surface area contributed by atoms with E-state index in [0.29, 0.717) is 30.2 Å². The number of likely N-dealkylation sites (tertiary alicyclic amines) is 1. The molecule has 3 aliphatic heterocycles. The summed E-state index contributed by atoms with van der Waals surface area (Å²) in [4.78, 5) is 49.3. The zero-order valence-corrected chi connectivity index (χ0v) is 28.2. The Morgan fingerprint density at radius 3 is 2.27 bits per heavy atom. The number of amides is 3. The minimum atomic E-state index is -1.28. The zero-order valence-electron chi connectivity index (χ0n) is 28.2. The molecule has 3 aliphatic rings. The average molecular weight is 652 g/mol. The van der Waals surface area contributed by atoms with Gasteiger partial charge < -0.3 is 29.3 Å². The lowest BCUT2D eigenvalue weighted by Gasteiger charge is -2.39. The molecule has 6 rings (SSSR count). The van der Waals surface area contributed by atoms with Crippen molar-refractivity contribution >= 4 is 39.9 Å². The Kier molecular flexibility index (Phi) is 8.96. The minimum Gasteiger partial charge on any atom is -0.494 e. The van der Waals surface area contributed by atoms with Crippen LogP contribution in [0.25, 0.3) is 10.8 Å². The molecular weight excluding hydrogens is 606 g/mol. The van der Waals surface area contributed by atoms with Crippen molar-refractivity contribution in [3.05, 3.63) is 92.0 Å². The molecule has 1 N–H and O–H groups in total. The van der Waals surface area contributed by atoms with Gasteiger partial charge in [-0.3, -0.25) is 14.4 Å². The third kappa shape index (κ3) is 5.11. The Morgan fingerprint density at radius 2 is 1.65 bits per heavy atom. The summed E-state index contributed by atoms with van der Waals surface area (Å²) < 4.78 is 12.6. The van der Waals surface area contributed by atoms with Crippen LogP contribution in [0.15, 0.2) is 92.0 Å². The molecule has 0 aliphatic carbocycles. The van der Waals surface area contributed by atoms with Crippen molar-refractivity contribution < 1.29 is 29.0 Å². The van der Waals surface area contributed by atoms with Crippen LogP contribution in [0.1, 0.15) is 34.1 Å². The number of hydrogen-bond acceptors (Lipinski definition) is 6. The third-order valence-electron chi connectivity index (χ3n) is 10.7. The number of aliphatic hydroxyl groups excluding tert-OH is 1. The molecule has 0 saturated carbocycles. The van der Waals surface area contributed by atoms with Gasteiger partial charge in [0.25, 0.3) is 5.91 Å². The van der Waals surface area contributed by atoms with E-state index >= 15 is 4.79 Å². The quantitative estimate of drug-likeness (QED) is 0.265. The summed E-state index contributed by atoms with van der Waals surface area (Å²) in [5, 5.41) is 12.4. The van der Waals surface area contributed by atoms with E-state index in [4.69, 9.17) is 9.47 Å². The molecule has 3 amide bonds. The van der Waals surface area contributed by atoms with Crippen LogP contribution < -0.4 is 14.5 Å².